The van der Waals surface area contributed by atoms with Crippen molar-refractivity contribution in [2.24, 2.45) is 7.05 Å². The Morgan fingerprint density at radius 2 is 1.41 bits per heavy atom. The third kappa shape index (κ3) is 2.35. The maximum absolute atomic E-state index is 2.32. The van der Waals surface area contributed by atoms with Gasteiger partial charge in [0.2, 0.25) is 0 Å². The van der Waals surface area contributed by atoms with Gasteiger partial charge in [-0.2, -0.15) is 0 Å². The topological polar surface area (TPSA) is 4.93 Å². The Bertz CT molecular complexity index is 827. The molecule has 0 fully saturated rings. The Kier molecular flexibility index (Phi) is 3.40. The Morgan fingerprint density at radius 1 is 0.818 bits per heavy atom. The molecule has 0 spiro atoms. The summed E-state index contributed by atoms with van der Waals surface area (Å²) in [5.41, 5.74) is 8.16. The van der Waals surface area contributed by atoms with Crippen LogP contribution in [-0.4, -0.2) is 4.57 Å². The smallest absolute Gasteiger partial charge is 0.0515 e. The first-order chi connectivity index (χ1) is 10.3. The normalized spacial score (nSPS) is 12.1. The summed E-state index contributed by atoms with van der Waals surface area (Å²) in [5, 5.41) is 1.36. The molecule has 114 valence electrons. The van der Waals surface area contributed by atoms with Gasteiger partial charge in [0.05, 0.1) is 5.52 Å². The van der Waals surface area contributed by atoms with E-state index < -0.39 is 0 Å². The largest absolute Gasteiger partial charge is 0.343 e. The lowest BCUT2D eigenvalue weighted by atomic mass is 9.86. The molecule has 0 aliphatic rings. The number of benzene rings is 2. The Hall–Kier alpha value is -2.02. The summed E-state index contributed by atoms with van der Waals surface area (Å²) in [4.78, 5) is 0. The lowest BCUT2D eigenvalue weighted by molar-refractivity contribution is 0.590. The summed E-state index contributed by atoms with van der Waals surface area (Å²) in [7, 11) is 2.17. The zero-order valence-corrected chi connectivity index (χ0v) is 14.5. The molecule has 22 heavy (non-hydrogen) atoms. The van der Waals surface area contributed by atoms with Gasteiger partial charge in [-0.25, -0.2) is 0 Å². The molecule has 1 nitrogen and oxygen atoms in total. The van der Waals surface area contributed by atoms with Crippen LogP contribution in [0.4, 0.5) is 0 Å². The molecule has 1 aromatic heterocycles. The molecule has 1 heteroatoms. The van der Waals surface area contributed by atoms with Gasteiger partial charge in [0, 0.05) is 18.1 Å². The number of aryl methyl sites for hydroxylation is 3. The fourth-order valence-electron chi connectivity index (χ4n) is 3.22. The molecule has 0 saturated heterocycles. The van der Waals surface area contributed by atoms with Gasteiger partial charge in [0.25, 0.3) is 0 Å². The highest BCUT2D eigenvalue weighted by Gasteiger charge is 2.15. The molecule has 0 bridgehead atoms. The fourth-order valence-corrected chi connectivity index (χ4v) is 3.22. The van der Waals surface area contributed by atoms with Crippen molar-refractivity contribution in [2.45, 2.75) is 40.0 Å². The van der Waals surface area contributed by atoms with Crippen molar-refractivity contribution in [3.8, 4) is 11.3 Å². The van der Waals surface area contributed by atoms with Gasteiger partial charge in [-0.3, -0.25) is 0 Å². The first-order valence-electron chi connectivity index (χ1n) is 7.95. The van der Waals surface area contributed by atoms with Crippen LogP contribution in [0.15, 0.2) is 42.5 Å². The van der Waals surface area contributed by atoms with E-state index >= 15 is 0 Å². The van der Waals surface area contributed by atoms with Crippen LogP contribution < -0.4 is 0 Å². The second-order valence-corrected chi connectivity index (χ2v) is 7.38. The molecule has 0 amide bonds. The van der Waals surface area contributed by atoms with Crippen molar-refractivity contribution in [1.29, 1.82) is 0 Å². The first-order valence-corrected chi connectivity index (χ1v) is 7.95. The molecule has 1 heterocycles. The minimum atomic E-state index is 0.199. The molecule has 0 unspecified atom stereocenters. The SMILES string of the molecule is Cc1ccc(C)c2c1cc(-c1ccc(C(C)(C)C)cc1)n2C. The van der Waals surface area contributed by atoms with Gasteiger partial charge >= 0.3 is 0 Å². The molecule has 0 N–H and O–H groups in total. The molecule has 3 aromatic rings. The number of rotatable bonds is 1. The predicted molar refractivity (Wildman–Crippen MR) is 96.5 cm³/mol. The number of hydrogen-bond acceptors (Lipinski definition) is 0. The van der Waals surface area contributed by atoms with Gasteiger partial charge in [-0.05, 0) is 47.6 Å². The number of hydrogen-bond donors (Lipinski definition) is 0. The van der Waals surface area contributed by atoms with E-state index in [1.807, 2.05) is 0 Å². The highest BCUT2D eigenvalue weighted by atomic mass is 14.9. The predicted octanol–water partition coefficient (Wildman–Crippen LogP) is 5.76. The van der Waals surface area contributed by atoms with Crippen LogP contribution in [0.5, 0.6) is 0 Å². The van der Waals surface area contributed by atoms with Crippen molar-refractivity contribution in [2.75, 3.05) is 0 Å². The lowest BCUT2D eigenvalue weighted by Crippen LogP contribution is -2.10. The van der Waals surface area contributed by atoms with E-state index in [2.05, 4.69) is 88.7 Å². The van der Waals surface area contributed by atoms with E-state index in [0.717, 1.165) is 0 Å². The van der Waals surface area contributed by atoms with Crippen LogP contribution in [0.3, 0.4) is 0 Å². The lowest BCUT2D eigenvalue weighted by Gasteiger charge is -2.19. The van der Waals surface area contributed by atoms with Gasteiger partial charge in [0.15, 0.2) is 0 Å². The highest BCUT2D eigenvalue weighted by molar-refractivity contribution is 5.91. The summed E-state index contributed by atoms with van der Waals surface area (Å²) in [6, 6.07) is 15.8. The minimum Gasteiger partial charge on any atom is -0.343 e. The van der Waals surface area contributed by atoms with E-state index in [0.29, 0.717) is 0 Å². The number of aromatic nitrogens is 1. The fraction of sp³-hybridized carbons (Fsp3) is 0.333. The monoisotopic (exact) mass is 291 g/mol. The van der Waals surface area contributed by atoms with Crippen LogP contribution in [0.25, 0.3) is 22.2 Å². The maximum atomic E-state index is 2.32. The van der Waals surface area contributed by atoms with Crippen molar-refractivity contribution in [1.82, 2.24) is 4.57 Å². The third-order valence-corrected chi connectivity index (χ3v) is 4.66. The third-order valence-electron chi connectivity index (χ3n) is 4.66. The molecule has 0 saturated carbocycles. The van der Waals surface area contributed by atoms with Gasteiger partial charge in [0.1, 0.15) is 0 Å². The van der Waals surface area contributed by atoms with Crippen LogP contribution in [-0.2, 0) is 12.5 Å². The average molecular weight is 291 g/mol. The summed E-state index contributed by atoms with van der Waals surface area (Å²) in [5.74, 6) is 0. The molecular weight excluding hydrogens is 266 g/mol. The van der Waals surface area contributed by atoms with E-state index in [4.69, 9.17) is 0 Å². The van der Waals surface area contributed by atoms with Gasteiger partial charge in [-0.1, -0.05) is 57.2 Å². The van der Waals surface area contributed by atoms with Crippen molar-refractivity contribution >= 4 is 10.9 Å². The summed E-state index contributed by atoms with van der Waals surface area (Å²) in [6.07, 6.45) is 0. The molecule has 3 rings (SSSR count). The maximum Gasteiger partial charge on any atom is 0.0515 e. The second kappa shape index (κ2) is 5.01. The summed E-state index contributed by atoms with van der Waals surface area (Å²) < 4.78 is 2.32. The van der Waals surface area contributed by atoms with Crippen molar-refractivity contribution in [3.05, 3.63) is 59.2 Å². The second-order valence-electron chi connectivity index (χ2n) is 7.38. The Labute approximate surface area is 133 Å². The highest BCUT2D eigenvalue weighted by Crippen LogP contribution is 2.32. The van der Waals surface area contributed by atoms with Crippen molar-refractivity contribution < 1.29 is 0 Å². The summed E-state index contributed by atoms with van der Waals surface area (Å²) in [6.45, 7) is 11.1. The zero-order chi connectivity index (χ0) is 16.1. The van der Waals surface area contributed by atoms with E-state index in [-0.39, 0.29) is 5.41 Å². The molecule has 0 aliphatic heterocycles. The molecule has 0 aliphatic carbocycles. The van der Waals surface area contributed by atoms with Crippen LogP contribution in [0.1, 0.15) is 37.5 Å². The summed E-state index contributed by atoms with van der Waals surface area (Å²) >= 11 is 0. The zero-order valence-electron chi connectivity index (χ0n) is 14.5. The molecule has 2 aromatic carbocycles. The standard InChI is InChI=1S/C21H25N/c1-14-7-8-15(2)20-18(14)13-19(22(20)6)16-9-11-17(12-10-16)21(3,4)5/h7-13H,1-6H3. The number of nitrogens with zero attached hydrogens (tertiary/aromatic N) is 1. The Morgan fingerprint density at radius 3 is 1.95 bits per heavy atom. The van der Waals surface area contributed by atoms with E-state index in [9.17, 15) is 0 Å². The first kappa shape index (κ1) is 14.9. The van der Waals surface area contributed by atoms with Crippen LogP contribution >= 0.6 is 0 Å². The number of fused-ring (bicyclic) bond motifs is 1. The quantitative estimate of drug-likeness (QED) is 0.537. The Balaban J connectivity index is 2.17. The van der Waals surface area contributed by atoms with E-state index in [1.54, 1.807) is 0 Å². The van der Waals surface area contributed by atoms with E-state index in [1.165, 1.54) is 38.9 Å². The molecular formula is C21H25N. The molecule has 0 radical (unpaired) electrons. The van der Waals surface area contributed by atoms with Gasteiger partial charge < -0.3 is 4.57 Å². The van der Waals surface area contributed by atoms with Crippen LogP contribution in [0, 0.1) is 13.8 Å². The van der Waals surface area contributed by atoms with Gasteiger partial charge in [-0.15, -0.1) is 0 Å². The van der Waals surface area contributed by atoms with Crippen molar-refractivity contribution in [3.63, 3.8) is 0 Å². The average Bonchev–Trinajstić information content (AvgIpc) is 2.81. The molecule has 0 atom stereocenters. The van der Waals surface area contributed by atoms with Crippen LogP contribution in [0.2, 0.25) is 0 Å². The minimum absolute atomic E-state index is 0.199.